The standard InChI is InChI=1S/C21H37N5O/c1-6-22-21(23-15-14-20(27)26(7-2)8-3)24-16-18(4)25(5)17-19-12-10-9-11-13-19/h9-13,18H,6-8,14-17H2,1-5H3,(H2,22,23,24). The lowest BCUT2D eigenvalue weighted by Gasteiger charge is -2.24. The summed E-state index contributed by atoms with van der Waals surface area (Å²) in [6.07, 6.45) is 0.482. The van der Waals surface area contributed by atoms with Crippen LogP contribution in [-0.2, 0) is 11.3 Å². The summed E-state index contributed by atoms with van der Waals surface area (Å²) in [7, 11) is 2.12. The van der Waals surface area contributed by atoms with Crippen LogP contribution in [0, 0.1) is 0 Å². The third-order valence-electron chi connectivity index (χ3n) is 4.63. The highest BCUT2D eigenvalue weighted by Crippen LogP contribution is 2.06. The van der Waals surface area contributed by atoms with Crippen molar-refractivity contribution in [2.45, 2.75) is 46.7 Å². The maximum atomic E-state index is 12.1. The largest absolute Gasteiger partial charge is 0.357 e. The molecule has 0 radical (unpaired) electrons. The Balaban J connectivity index is 2.48. The molecule has 1 atom stereocenters. The minimum atomic E-state index is 0.180. The van der Waals surface area contributed by atoms with Gasteiger partial charge in [0.25, 0.3) is 0 Å². The topological polar surface area (TPSA) is 60.0 Å². The van der Waals surface area contributed by atoms with E-state index in [4.69, 9.17) is 0 Å². The number of nitrogens with zero attached hydrogens (tertiary/aromatic N) is 3. The van der Waals surface area contributed by atoms with Crippen LogP contribution in [0.3, 0.4) is 0 Å². The molecule has 0 fully saturated rings. The summed E-state index contributed by atoms with van der Waals surface area (Å²) in [6.45, 7) is 12.7. The number of carbonyl (C=O) groups is 1. The van der Waals surface area contributed by atoms with Crippen molar-refractivity contribution in [3.05, 3.63) is 35.9 Å². The molecular formula is C21H37N5O. The van der Waals surface area contributed by atoms with Gasteiger partial charge in [-0.15, -0.1) is 0 Å². The van der Waals surface area contributed by atoms with Crippen molar-refractivity contribution >= 4 is 11.9 Å². The SMILES string of the molecule is CCNC(=NCC(C)N(C)Cc1ccccc1)NCCC(=O)N(CC)CC. The monoisotopic (exact) mass is 375 g/mol. The van der Waals surface area contributed by atoms with Crippen molar-refractivity contribution in [2.24, 2.45) is 4.99 Å². The maximum Gasteiger partial charge on any atom is 0.224 e. The number of rotatable bonds is 11. The lowest BCUT2D eigenvalue weighted by atomic mass is 10.2. The van der Waals surface area contributed by atoms with Gasteiger partial charge < -0.3 is 15.5 Å². The predicted octanol–water partition coefficient (Wildman–Crippen LogP) is 2.32. The molecule has 0 aliphatic heterocycles. The Morgan fingerprint density at radius 1 is 1.11 bits per heavy atom. The highest BCUT2D eigenvalue weighted by atomic mass is 16.2. The van der Waals surface area contributed by atoms with E-state index in [-0.39, 0.29) is 5.91 Å². The summed E-state index contributed by atoms with van der Waals surface area (Å²) in [5.41, 5.74) is 1.30. The smallest absolute Gasteiger partial charge is 0.224 e. The van der Waals surface area contributed by atoms with Crippen LogP contribution in [0.2, 0.25) is 0 Å². The summed E-state index contributed by atoms with van der Waals surface area (Å²) in [5.74, 6) is 0.948. The summed E-state index contributed by atoms with van der Waals surface area (Å²) >= 11 is 0. The van der Waals surface area contributed by atoms with Gasteiger partial charge in [-0.05, 0) is 40.3 Å². The Labute approximate surface area is 165 Å². The van der Waals surface area contributed by atoms with Gasteiger partial charge >= 0.3 is 0 Å². The second kappa shape index (κ2) is 13.1. The second-order valence-electron chi connectivity index (χ2n) is 6.71. The number of amides is 1. The number of benzene rings is 1. The van der Waals surface area contributed by atoms with Crippen LogP contribution in [0.15, 0.2) is 35.3 Å². The van der Waals surface area contributed by atoms with E-state index in [0.717, 1.165) is 32.1 Å². The van der Waals surface area contributed by atoms with E-state index in [0.29, 0.717) is 25.6 Å². The fourth-order valence-electron chi connectivity index (χ4n) is 2.75. The Morgan fingerprint density at radius 3 is 2.37 bits per heavy atom. The number of guanidine groups is 1. The second-order valence-corrected chi connectivity index (χ2v) is 6.71. The Morgan fingerprint density at radius 2 is 1.78 bits per heavy atom. The van der Waals surface area contributed by atoms with Gasteiger partial charge in [-0.2, -0.15) is 0 Å². The average Bonchev–Trinajstić information content (AvgIpc) is 2.67. The molecule has 6 nitrogen and oxygen atoms in total. The minimum Gasteiger partial charge on any atom is -0.357 e. The number of hydrogen-bond donors (Lipinski definition) is 2. The van der Waals surface area contributed by atoms with Crippen LogP contribution in [0.25, 0.3) is 0 Å². The van der Waals surface area contributed by atoms with Crippen molar-refractivity contribution in [3.8, 4) is 0 Å². The van der Waals surface area contributed by atoms with Crippen molar-refractivity contribution in [2.75, 3.05) is 39.8 Å². The van der Waals surface area contributed by atoms with Crippen molar-refractivity contribution < 1.29 is 4.79 Å². The first-order valence-corrected chi connectivity index (χ1v) is 10.1. The van der Waals surface area contributed by atoms with Crippen LogP contribution in [0.1, 0.15) is 39.7 Å². The molecule has 0 aliphatic rings. The van der Waals surface area contributed by atoms with Gasteiger partial charge in [-0.25, -0.2) is 0 Å². The van der Waals surface area contributed by atoms with Gasteiger partial charge in [0.2, 0.25) is 5.91 Å². The summed E-state index contributed by atoms with van der Waals surface area (Å²) < 4.78 is 0. The average molecular weight is 376 g/mol. The third-order valence-corrected chi connectivity index (χ3v) is 4.63. The van der Waals surface area contributed by atoms with Crippen molar-refractivity contribution in [1.29, 1.82) is 0 Å². The molecular weight excluding hydrogens is 338 g/mol. The molecule has 0 aromatic heterocycles. The normalized spacial score (nSPS) is 12.7. The molecule has 6 heteroatoms. The van der Waals surface area contributed by atoms with Gasteiger partial charge in [0, 0.05) is 45.2 Å². The molecule has 1 unspecified atom stereocenters. The Bertz CT molecular complexity index is 557. The van der Waals surface area contributed by atoms with Gasteiger partial charge in [-0.1, -0.05) is 30.3 Å². The van der Waals surface area contributed by atoms with Crippen LogP contribution < -0.4 is 10.6 Å². The molecule has 1 rings (SSSR count). The molecule has 0 spiro atoms. The number of aliphatic imine (C=N–C) groups is 1. The number of nitrogens with one attached hydrogen (secondary N) is 2. The molecule has 0 saturated carbocycles. The van der Waals surface area contributed by atoms with E-state index in [1.807, 2.05) is 31.7 Å². The summed E-state index contributed by atoms with van der Waals surface area (Å²) in [5, 5.41) is 6.52. The number of likely N-dealkylation sites (N-methyl/N-ethyl adjacent to an activating group) is 1. The quantitative estimate of drug-likeness (QED) is 0.460. The molecule has 1 aromatic carbocycles. The fourth-order valence-corrected chi connectivity index (χ4v) is 2.75. The molecule has 27 heavy (non-hydrogen) atoms. The molecule has 1 aromatic rings. The van der Waals surface area contributed by atoms with E-state index in [1.54, 1.807) is 0 Å². The fraction of sp³-hybridized carbons (Fsp3) is 0.619. The lowest BCUT2D eigenvalue weighted by molar-refractivity contribution is -0.130. The van der Waals surface area contributed by atoms with Gasteiger partial charge in [-0.3, -0.25) is 14.7 Å². The zero-order valence-corrected chi connectivity index (χ0v) is 17.7. The highest BCUT2D eigenvalue weighted by molar-refractivity contribution is 5.81. The molecule has 0 aliphatic carbocycles. The minimum absolute atomic E-state index is 0.180. The Hall–Kier alpha value is -2.08. The van der Waals surface area contributed by atoms with E-state index >= 15 is 0 Å². The van der Waals surface area contributed by atoms with Crippen LogP contribution >= 0.6 is 0 Å². The van der Waals surface area contributed by atoms with Crippen LogP contribution in [-0.4, -0.2) is 67.5 Å². The number of carbonyl (C=O) groups excluding carboxylic acids is 1. The highest BCUT2D eigenvalue weighted by Gasteiger charge is 2.11. The first-order valence-electron chi connectivity index (χ1n) is 10.1. The lowest BCUT2D eigenvalue weighted by Crippen LogP contribution is -2.41. The van der Waals surface area contributed by atoms with Crippen LogP contribution in [0.4, 0.5) is 0 Å². The molecule has 152 valence electrons. The third kappa shape index (κ3) is 8.91. The Kier molecular flexibility index (Phi) is 11.2. The zero-order chi connectivity index (χ0) is 20.1. The first-order chi connectivity index (χ1) is 13.0. The van der Waals surface area contributed by atoms with Gasteiger partial charge in [0.05, 0.1) is 6.54 Å². The summed E-state index contributed by atoms with van der Waals surface area (Å²) in [6, 6.07) is 10.8. The van der Waals surface area contributed by atoms with Gasteiger partial charge in [0.1, 0.15) is 0 Å². The maximum absolute atomic E-state index is 12.1. The van der Waals surface area contributed by atoms with E-state index < -0.39 is 0 Å². The van der Waals surface area contributed by atoms with Gasteiger partial charge in [0.15, 0.2) is 5.96 Å². The molecule has 2 N–H and O–H groups in total. The first kappa shape index (κ1) is 23.0. The van der Waals surface area contributed by atoms with E-state index in [9.17, 15) is 4.79 Å². The predicted molar refractivity (Wildman–Crippen MR) is 114 cm³/mol. The van der Waals surface area contributed by atoms with Crippen molar-refractivity contribution in [1.82, 2.24) is 20.4 Å². The molecule has 0 heterocycles. The zero-order valence-electron chi connectivity index (χ0n) is 17.7. The van der Waals surface area contributed by atoms with Crippen molar-refractivity contribution in [3.63, 3.8) is 0 Å². The summed E-state index contributed by atoms with van der Waals surface area (Å²) in [4.78, 5) is 20.9. The van der Waals surface area contributed by atoms with E-state index in [2.05, 4.69) is 58.8 Å². The number of hydrogen-bond acceptors (Lipinski definition) is 3. The van der Waals surface area contributed by atoms with Crippen LogP contribution in [0.5, 0.6) is 0 Å². The molecule has 1 amide bonds. The molecule has 0 bridgehead atoms. The van der Waals surface area contributed by atoms with E-state index in [1.165, 1.54) is 5.56 Å². The molecule has 0 saturated heterocycles.